The predicted molar refractivity (Wildman–Crippen MR) is 78.4 cm³/mol. The maximum Gasteiger partial charge on any atom is 0.303 e. The lowest BCUT2D eigenvalue weighted by atomic mass is 9.97. The van der Waals surface area contributed by atoms with E-state index in [-0.39, 0.29) is 12.8 Å². The molecule has 0 amide bonds. The molecule has 2 aromatic rings. The van der Waals surface area contributed by atoms with Gasteiger partial charge in [0.25, 0.3) is 0 Å². The maximum atomic E-state index is 10.5. The van der Waals surface area contributed by atoms with Crippen molar-refractivity contribution in [2.24, 2.45) is 0 Å². The Labute approximate surface area is 122 Å². The highest BCUT2D eigenvalue weighted by atomic mass is 16.4. The van der Waals surface area contributed by atoms with Gasteiger partial charge in [-0.15, -0.1) is 0 Å². The van der Waals surface area contributed by atoms with E-state index >= 15 is 0 Å². The third kappa shape index (κ3) is 3.68. The Morgan fingerprint density at radius 3 is 2.43 bits per heavy atom. The van der Waals surface area contributed by atoms with Crippen molar-refractivity contribution in [3.8, 4) is 17.2 Å². The molecule has 0 aromatic heterocycles. The molecule has 0 radical (unpaired) electrons. The van der Waals surface area contributed by atoms with Crippen LogP contribution in [0.4, 0.5) is 0 Å². The van der Waals surface area contributed by atoms with E-state index in [1.54, 1.807) is 18.2 Å². The zero-order valence-electron chi connectivity index (χ0n) is 11.4. The Hall–Kier alpha value is -2.64. The summed E-state index contributed by atoms with van der Waals surface area (Å²) in [5.41, 5.74) is 3.00. The molecular formula is C17H15NO3. The largest absolute Gasteiger partial charge is 0.481 e. The second-order valence-electron chi connectivity index (χ2n) is 4.73. The third-order valence-corrected chi connectivity index (χ3v) is 3.29. The first-order valence-electron chi connectivity index (χ1n) is 6.61. The monoisotopic (exact) mass is 281 g/mol. The summed E-state index contributed by atoms with van der Waals surface area (Å²) in [6, 6.07) is 16.6. The van der Waals surface area contributed by atoms with Crippen LogP contribution in [0, 0.1) is 11.3 Å². The molecule has 2 N–H and O–H groups in total. The van der Waals surface area contributed by atoms with Crippen LogP contribution in [-0.4, -0.2) is 16.2 Å². The summed E-state index contributed by atoms with van der Waals surface area (Å²) in [6.45, 7) is 0. The summed E-state index contributed by atoms with van der Waals surface area (Å²) in [5.74, 6) is -0.923. The first-order valence-corrected chi connectivity index (χ1v) is 6.61. The lowest BCUT2D eigenvalue weighted by molar-refractivity contribution is -0.137. The lowest BCUT2D eigenvalue weighted by Gasteiger charge is -2.11. The fraction of sp³-hybridized carbons (Fsp3) is 0.176. The first kappa shape index (κ1) is 14.8. The van der Waals surface area contributed by atoms with Gasteiger partial charge >= 0.3 is 5.97 Å². The van der Waals surface area contributed by atoms with Crippen LogP contribution in [0.2, 0.25) is 0 Å². The molecule has 1 atom stereocenters. The SMILES string of the molecule is N#Cc1ccccc1-c1ccc(C(O)CCC(=O)O)cc1. The number of benzene rings is 2. The van der Waals surface area contributed by atoms with Gasteiger partial charge in [-0.1, -0.05) is 42.5 Å². The molecular weight excluding hydrogens is 266 g/mol. The second-order valence-corrected chi connectivity index (χ2v) is 4.73. The molecule has 0 aliphatic carbocycles. The lowest BCUT2D eigenvalue weighted by Crippen LogP contribution is -2.02. The van der Waals surface area contributed by atoms with Gasteiger partial charge < -0.3 is 10.2 Å². The Kier molecular flexibility index (Phi) is 4.70. The number of carboxylic acids is 1. The summed E-state index contributed by atoms with van der Waals surface area (Å²) in [6.07, 6.45) is -0.676. The molecule has 0 saturated heterocycles. The van der Waals surface area contributed by atoms with Crippen molar-refractivity contribution in [1.82, 2.24) is 0 Å². The van der Waals surface area contributed by atoms with Crippen LogP contribution < -0.4 is 0 Å². The van der Waals surface area contributed by atoms with Crippen molar-refractivity contribution in [1.29, 1.82) is 5.26 Å². The fourth-order valence-corrected chi connectivity index (χ4v) is 2.14. The number of aliphatic hydroxyl groups is 1. The maximum absolute atomic E-state index is 10.5. The minimum atomic E-state index is -0.923. The zero-order chi connectivity index (χ0) is 15.2. The number of hydrogen-bond acceptors (Lipinski definition) is 3. The zero-order valence-corrected chi connectivity index (χ0v) is 11.4. The molecule has 0 bridgehead atoms. The van der Waals surface area contributed by atoms with Gasteiger partial charge in [-0.25, -0.2) is 0 Å². The highest BCUT2D eigenvalue weighted by molar-refractivity contribution is 5.70. The van der Waals surface area contributed by atoms with Crippen molar-refractivity contribution in [2.75, 3.05) is 0 Å². The van der Waals surface area contributed by atoms with Crippen LogP contribution in [0.5, 0.6) is 0 Å². The summed E-state index contributed by atoms with van der Waals surface area (Å²) in [4.78, 5) is 10.5. The van der Waals surface area contributed by atoms with Gasteiger partial charge in [-0.3, -0.25) is 4.79 Å². The molecule has 2 aromatic carbocycles. The molecule has 0 spiro atoms. The van der Waals surface area contributed by atoms with E-state index in [4.69, 9.17) is 10.4 Å². The average molecular weight is 281 g/mol. The molecule has 4 nitrogen and oxygen atoms in total. The third-order valence-electron chi connectivity index (χ3n) is 3.29. The van der Waals surface area contributed by atoms with Gasteiger partial charge in [0.05, 0.1) is 17.7 Å². The van der Waals surface area contributed by atoms with E-state index in [1.165, 1.54) is 0 Å². The molecule has 0 aliphatic heterocycles. The summed E-state index contributed by atoms with van der Waals surface area (Å²) >= 11 is 0. The van der Waals surface area contributed by atoms with E-state index in [0.717, 1.165) is 11.1 Å². The molecule has 1 unspecified atom stereocenters. The topological polar surface area (TPSA) is 81.3 Å². The van der Waals surface area contributed by atoms with Gasteiger partial charge in [0, 0.05) is 6.42 Å². The minimum Gasteiger partial charge on any atom is -0.481 e. The Balaban J connectivity index is 2.19. The van der Waals surface area contributed by atoms with Crippen LogP contribution >= 0.6 is 0 Å². The van der Waals surface area contributed by atoms with E-state index < -0.39 is 12.1 Å². The van der Waals surface area contributed by atoms with Crippen LogP contribution in [0.3, 0.4) is 0 Å². The van der Waals surface area contributed by atoms with Crippen LogP contribution in [0.25, 0.3) is 11.1 Å². The second kappa shape index (κ2) is 6.69. The number of carbonyl (C=O) groups is 1. The highest BCUT2D eigenvalue weighted by Gasteiger charge is 2.10. The van der Waals surface area contributed by atoms with Crippen molar-refractivity contribution in [3.05, 3.63) is 59.7 Å². The summed E-state index contributed by atoms with van der Waals surface area (Å²) in [7, 11) is 0. The number of aliphatic hydroxyl groups excluding tert-OH is 1. The van der Waals surface area contributed by atoms with Crippen molar-refractivity contribution in [2.45, 2.75) is 18.9 Å². The van der Waals surface area contributed by atoms with E-state index in [0.29, 0.717) is 11.1 Å². The molecule has 21 heavy (non-hydrogen) atoms. The Morgan fingerprint density at radius 1 is 1.14 bits per heavy atom. The van der Waals surface area contributed by atoms with Gasteiger partial charge in [-0.2, -0.15) is 5.26 Å². The summed E-state index contributed by atoms with van der Waals surface area (Å²) in [5, 5.41) is 27.6. The van der Waals surface area contributed by atoms with Gasteiger partial charge in [0.1, 0.15) is 0 Å². The van der Waals surface area contributed by atoms with Gasteiger partial charge in [0.2, 0.25) is 0 Å². The standard InChI is InChI=1S/C17H15NO3/c18-11-14-3-1-2-4-15(14)12-5-7-13(8-6-12)16(19)9-10-17(20)21/h1-8,16,19H,9-10H2,(H,20,21). The van der Waals surface area contributed by atoms with Gasteiger partial charge in [-0.05, 0) is 29.2 Å². The van der Waals surface area contributed by atoms with Crippen LogP contribution in [0.15, 0.2) is 48.5 Å². The normalized spacial score (nSPS) is 11.6. The van der Waals surface area contributed by atoms with E-state index in [1.807, 2.05) is 30.3 Å². The van der Waals surface area contributed by atoms with Crippen LogP contribution in [0.1, 0.15) is 30.1 Å². The van der Waals surface area contributed by atoms with Crippen LogP contribution in [-0.2, 0) is 4.79 Å². The number of rotatable bonds is 5. The predicted octanol–water partition coefficient (Wildman–Crippen LogP) is 3.12. The van der Waals surface area contributed by atoms with E-state index in [2.05, 4.69) is 6.07 Å². The van der Waals surface area contributed by atoms with Crippen molar-refractivity contribution >= 4 is 5.97 Å². The highest BCUT2D eigenvalue weighted by Crippen LogP contribution is 2.26. The minimum absolute atomic E-state index is 0.0693. The number of hydrogen-bond donors (Lipinski definition) is 2. The summed E-state index contributed by atoms with van der Waals surface area (Å²) < 4.78 is 0. The molecule has 0 fully saturated rings. The quantitative estimate of drug-likeness (QED) is 0.882. The number of carboxylic acid groups (broad SMARTS) is 1. The number of nitriles is 1. The number of nitrogens with zero attached hydrogens (tertiary/aromatic N) is 1. The molecule has 0 aliphatic rings. The number of aliphatic carboxylic acids is 1. The van der Waals surface area contributed by atoms with Gasteiger partial charge in [0.15, 0.2) is 0 Å². The molecule has 4 heteroatoms. The van der Waals surface area contributed by atoms with E-state index in [9.17, 15) is 9.90 Å². The van der Waals surface area contributed by atoms with Crippen molar-refractivity contribution < 1.29 is 15.0 Å². The molecule has 0 saturated carbocycles. The Bertz CT molecular complexity index is 671. The molecule has 0 heterocycles. The first-order chi connectivity index (χ1) is 10.1. The molecule has 106 valence electrons. The molecule has 2 rings (SSSR count). The Morgan fingerprint density at radius 2 is 1.81 bits per heavy atom. The average Bonchev–Trinajstić information content (AvgIpc) is 2.52. The van der Waals surface area contributed by atoms with Crippen molar-refractivity contribution in [3.63, 3.8) is 0 Å². The smallest absolute Gasteiger partial charge is 0.303 e. The fourth-order valence-electron chi connectivity index (χ4n) is 2.14.